The summed E-state index contributed by atoms with van der Waals surface area (Å²) in [6, 6.07) is 12.2. The van der Waals surface area contributed by atoms with Crippen molar-refractivity contribution in [1.29, 1.82) is 0 Å². The molecular weight excluding hydrogens is 322 g/mol. The average Bonchev–Trinajstić information content (AvgIpc) is 2.61. The van der Waals surface area contributed by atoms with Crippen LogP contribution >= 0.6 is 0 Å². The van der Waals surface area contributed by atoms with Gasteiger partial charge in [-0.15, -0.1) is 0 Å². The topological polar surface area (TPSA) is 88.7 Å². The van der Waals surface area contributed by atoms with E-state index in [1.165, 1.54) is 6.92 Å². The predicted octanol–water partition coefficient (Wildman–Crippen LogP) is 2.71. The van der Waals surface area contributed by atoms with E-state index in [0.29, 0.717) is 28.6 Å². The highest BCUT2D eigenvalue weighted by atomic mass is 16.5. The lowest BCUT2D eigenvalue weighted by Crippen LogP contribution is -2.22. The summed E-state index contributed by atoms with van der Waals surface area (Å²) in [6.07, 6.45) is 0. The third kappa shape index (κ3) is 5.42. The molecule has 0 spiro atoms. The fourth-order valence-corrected chi connectivity index (χ4v) is 2.17. The van der Waals surface area contributed by atoms with Crippen LogP contribution in [0.15, 0.2) is 42.5 Å². The molecule has 0 aliphatic rings. The monoisotopic (exact) mass is 343 g/mol. The number of benzene rings is 2. The summed E-state index contributed by atoms with van der Waals surface area (Å²) in [5, 5.41) is 8.46. The van der Waals surface area contributed by atoms with E-state index in [9.17, 15) is 9.59 Å². The van der Waals surface area contributed by atoms with E-state index in [-0.39, 0.29) is 18.4 Å². The van der Waals surface area contributed by atoms with E-state index in [0.717, 1.165) is 0 Å². The SMILES string of the molecule is COc1ccc(OC)c(NCC(=O)Nc2ccc(NC(C)=O)cc2)c1. The number of carbonyl (C=O) groups is 2. The van der Waals surface area contributed by atoms with E-state index in [4.69, 9.17) is 9.47 Å². The van der Waals surface area contributed by atoms with Crippen LogP contribution in [-0.4, -0.2) is 32.6 Å². The first kappa shape index (κ1) is 18.1. The van der Waals surface area contributed by atoms with Crippen LogP contribution in [0.1, 0.15) is 6.92 Å². The number of nitrogens with one attached hydrogen (secondary N) is 3. The van der Waals surface area contributed by atoms with Crippen molar-refractivity contribution in [3.63, 3.8) is 0 Å². The van der Waals surface area contributed by atoms with Crippen LogP contribution in [0.5, 0.6) is 11.5 Å². The van der Waals surface area contributed by atoms with Gasteiger partial charge in [-0.3, -0.25) is 9.59 Å². The summed E-state index contributed by atoms with van der Waals surface area (Å²) in [5.74, 6) is 0.927. The summed E-state index contributed by atoms with van der Waals surface area (Å²) >= 11 is 0. The van der Waals surface area contributed by atoms with Gasteiger partial charge >= 0.3 is 0 Å². The van der Waals surface area contributed by atoms with Crippen LogP contribution in [0.2, 0.25) is 0 Å². The van der Waals surface area contributed by atoms with Gasteiger partial charge in [0.15, 0.2) is 0 Å². The van der Waals surface area contributed by atoms with Gasteiger partial charge in [-0.2, -0.15) is 0 Å². The molecule has 0 bridgehead atoms. The van der Waals surface area contributed by atoms with Gasteiger partial charge < -0.3 is 25.4 Å². The molecule has 2 aromatic rings. The fraction of sp³-hybridized carbons (Fsp3) is 0.222. The van der Waals surface area contributed by atoms with E-state index < -0.39 is 0 Å². The van der Waals surface area contributed by atoms with Gasteiger partial charge in [0.2, 0.25) is 11.8 Å². The Morgan fingerprint density at radius 3 is 2.12 bits per heavy atom. The Labute approximate surface area is 146 Å². The first-order valence-electron chi connectivity index (χ1n) is 7.65. The lowest BCUT2D eigenvalue weighted by molar-refractivity contribution is -0.115. The van der Waals surface area contributed by atoms with Crippen molar-refractivity contribution in [2.24, 2.45) is 0 Å². The summed E-state index contributed by atoms with van der Waals surface area (Å²) in [4.78, 5) is 23.1. The molecule has 0 fully saturated rings. The molecule has 2 rings (SSSR count). The highest BCUT2D eigenvalue weighted by Gasteiger charge is 2.08. The molecule has 0 aliphatic carbocycles. The summed E-state index contributed by atoms with van der Waals surface area (Å²) < 4.78 is 10.4. The average molecular weight is 343 g/mol. The molecule has 0 saturated carbocycles. The molecule has 3 N–H and O–H groups in total. The molecule has 2 amide bonds. The molecule has 2 aromatic carbocycles. The van der Waals surface area contributed by atoms with Crippen molar-refractivity contribution in [2.45, 2.75) is 6.92 Å². The van der Waals surface area contributed by atoms with Crippen molar-refractivity contribution in [1.82, 2.24) is 0 Å². The van der Waals surface area contributed by atoms with Crippen LogP contribution in [0, 0.1) is 0 Å². The Hall–Kier alpha value is -3.22. The molecule has 0 saturated heterocycles. The largest absolute Gasteiger partial charge is 0.497 e. The zero-order chi connectivity index (χ0) is 18.2. The van der Waals surface area contributed by atoms with Crippen LogP contribution in [0.4, 0.5) is 17.1 Å². The Balaban J connectivity index is 1.93. The lowest BCUT2D eigenvalue weighted by Gasteiger charge is -2.13. The number of rotatable bonds is 7. The third-order valence-corrected chi connectivity index (χ3v) is 3.34. The number of methoxy groups -OCH3 is 2. The van der Waals surface area contributed by atoms with Gasteiger partial charge in [-0.25, -0.2) is 0 Å². The minimum Gasteiger partial charge on any atom is -0.497 e. The second-order valence-corrected chi connectivity index (χ2v) is 5.23. The highest BCUT2D eigenvalue weighted by molar-refractivity contribution is 5.94. The minimum absolute atomic E-state index is 0.0664. The Bertz CT molecular complexity index is 744. The predicted molar refractivity (Wildman–Crippen MR) is 97.4 cm³/mol. The molecule has 0 atom stereocenters. The zero-order valence-electron chi connectivity index (χ0n) is 14.4. The van der Waals surface area contributed by atoms with Crippen molar-refractivity contribution in [3.05, 3.63) is 42.5 Å². The highest BCUT2D eigenvalue weighted by Crippen LogP contribution is 2.28. The zero-order valence-corrected chi connectivity index (χ0v) is 14.4. The van der Waals surface area contributed by atoms with Gasteiger partial charge in [0.1, 0.15) is 11.5 Å². The molecule has 7 nitrogen and oxygen atoms in total. The van der Waals surface area contributed by atoms with Gasteiger partial charge in [-0.05, 0) is 36.4 Å². The third-order valence-electron chi connectivity index (χ3n) is 3.34. The lowest BCUT2D eigenvalue weighted by atomic mass is 10.2. The van der Waals surface area contributed by atoms with Crippen LogP contribution in [0.3, 0.4) is 0 Å². The molecule has 0 aliphatic heterocycles. The molecular formula is C18H21N3O4. The summed E-state index contributed by atoms with van der Waals surface area (Å²) in [6.45, 7) is 1.51. The van der Waals surface area contributed by atoms with E-state index >= 15 is 0 Å². The van der Waals surface area contributed by atoms with Crippen LogP contribution in [0.25, 0.3) is 0 Å². The maximum atomic E-state index is 12.1. The number of amides is 2. The number of carbonyl (C=O) groups excluding carboxylic acids is 2. The Morgan fingerprint density at radius 1 is 0.920 bits per heavy atom. The van der Waals surface area contributed by atoms with Crippen molar-refractivity contribution in [2.75, 3.05) is 36.7 Å². The smallest absolute Gasteiger partial charge is 0.243 e. The first-order chi connectivity index (χ1) is 12.0. The van der Waals surface area contributed by atoms with Gasteiger partial charge in [0, 0.05) is 24.4 Å². The fourth-order valence-electron chi connectivity index (χ4n) is 2.17. The van der Waals surface area contributed by atoms with Crippen LogP contribution in [-0.2, 0) is 9.59 Å². The maximum absolute atomic E-state index is 12.1. The molecule has 132 valence electrons. The maximum Gasteiger partial charge on any atom is 0.243 e. The molecule has 0 radical (unpaired) electrons. The van der Waals surface area contributed by atoms with E-state index in [1.54, 1.807) is 56.7 Å². The van der Waals surface area contributed by atoms with Gasteiger partial charge in [0.25, 0.3) is 0 Å². The van der Waals surface area contributed by atoms with Crippen LogP contribution < -0.4 is 25.4 Å². The molecule has 0 unspecified atom stereocenters. The quantitative estimate of drug-likeness (QED) is 0.719. The molecule has 0 heterocycles. The summed E-state index contributed by atoms with van der Waals surface area (Å²) in [5.41, 5.74) is 1.97. The van der Waals surface area contributed by atoms with Crippen molar-refractivity contribution < 1.29 is 19.1 Å². The Morgan fingerprint density at radius 2 is 1.56 bits per heavy atom. The summed E-state index contributed by atoms with van der Waals surface area (Å²) in [7, 11) is 3.13. The number of hydrogen-bond donors (Lipinski definition) is 3. The van der Waals surface area contributed by atoms with Gasteiger partial charge in [0.05, 0.1) is 26.5 Å². The number of anilines is 3. The molecule has 25 heavy (non-hydrogen) atoms. The minimum atomic E-state index is -0.211. The number of hydrogen-bond acceptors (Lipinski definition) is 5. The van der Waals surface area contributed by atoms with Crippen molar-refractivity contribution in [3.8, 4) is 11.5 Å². The second-order valence-electron chi connectivity index (χ2n) is 5.23. The Kier molecular flexibility index (Phi) is 6.22. The first-order valence-corrected chi connectivity index (χ1v) is 7.65. The van der Waals surface area contributed by atoms with Gasteiger partial charge in [-0.1, -0.05) is 0 Å². The number of ether oxygens (including phenoxy) is 2. The normalized spacial score (nSPS) is 9.88. The van der Waals surface area contributed by atoms with Crippen molar-refractivity contribution >= 4 is 28.9 Å². The van der Waals surface area contributed by atoms with E-state index in [1.807, 2.05) is 0 Å². The second kappa shape index (κ2) is 8.58. The molecule has 7 heteroatoms. The van der Waals surface area contributed by atoms with E-state index in [2.05, 4.69) is 16.0 Å². The standard InChI is InChI=1S/C18H21N3O4/c1-12(22)20-13-4-6-14(7-5-13)21-18(23)11-19-16-10-15(24-2)8-9-17(16)25-3/h4-10,19H,11H2,1-3H3,(H,20,22)(H,21,23). The molecule has 0 aromatic heterocycles.